The molecule has 2 unspecified atom stereocenters. The van der Waals surface area contributed by atoms with Crippen LogP contribution in [0.25, 0.3) is 0 Å². The highest BCUT2D eigenvalue weighted by atomic mass is 16.5. The molecule has 1 rings (SSSR count). The molecule has 0 radical (unpaired) electrons. The van der Waals surface area contributed by atoms with E-state index in [9.17, 15) is 0 Å². The number of likely N-dealkylation sites (N-methyl/N-ethyl adjacent to an activating group) is 1. The maximum atomic E-state index is 5.10. The predicted octanol–water partition coefficient (Wildman–Crippen LogP) is 3.83. The van der Waals surface area contributed by atoms with Crippen LogP contribution in [0.1, 0.15) is 51.5 Å². The number of unbranched alkanes of at least 4 members (excludes halogenated alkanes) is 1. The molecule has 0 aliphatic heterocycles. The molecule has 0 aliphatic rings. The van der Waals surface area contributed by atoms with Gasteiger partial charge < -0.3 is 10.1 Å². The van der Waals surface area contributed by atoms with Gasteiger partial charge in [-0.15, -0.1) is 0 Å². The quantitative estimate of drug-likeness (QED) is 0.706. The summed E-state index contributed by atoms with van der Waals surface area (Å²) in [5.74, 6) is 1.52. The number of hydrogen-bond acceptors (Lipinski definition) is 3. The minimum absolute atomic E-state index is 0.534. The van der Waals surface area contributed by atoms with E-state index in [-0.39, 0.29) is 0 Å². The molecule has 0 saturated carbocycles. The number of nitrogens with zero attached hydrogens (tertiary/aromatic N) is 1. The summed E-state index contributed by atoms with van der Waals surface area (Å²) in [6.07, 6.45) is 9.48. The highest BCUT2D eigenvalue weighted by molar-refractivity contribution is 5.18. The number of aromatic nitrogens is 1. The monoisotopic (exact) mass is 278 g/mol. The maximum absolute atomic E-state index is 5.10. The van der Waals surface area contributed by atoms with Crippen LogP contribution in [0.3, 0.4) is 0 Å². The van der Waals surface area contributed by atoms with Gasteiger partial charge in [0.2, 0.25) is 5.88 Å². The molecule has 1 aromatic rings. The minimum atomic E-state index is 0.534. The topological polar surface area (TPSA) is 34.1 Å². The zero-order valence-corrected chi connectivity index (χ0v) is 13.5. The molecule has 3 heteroatoms. The van der Waals surface area contributed by atoms with Crippen molar-refractivity contribution < 1.29 is 4.74 Å². The Labute approximate surface area is 124 Å². The standard InChI is InChI=1S/C17H30N2O/c1-5-7-8-14(6-2)11-16(18-3)12-15-9-10-17(20-4)19-13-15/h9-10,13-14,16,18H,5-8,11-12H2,1-4H3. The lowest BCUT2D eigenvalue weighted by atomic mass is 9.90. The fraction of sp³-hybridized carbons (Fsp3) is 0.706. The van der Waals surface area contributed by atoms with Gasteiger partial charge in [0.15, 0.2) is 0 Å². The number of pyridine rings is 1. The maximum Gasteiger partial charge on any atom is 0.212 e. The molecule has 0 aromatic carbocycles. The smallest absolute Gasteiger partial charge is 0.212 e. The summed E-state index contributed by atoms with van der Waals surface area (Å²) in [4.78, 5) is 4.28. The molecule has 0 spiro atoms. The molecule has 0 aliphatic carbocycles. The van der Waals surface area contributed by atoms with Crippen LogP contribution >= 0.6 is 0 Å². The van der Waals surface area contributed by atoms with Crippen LogP contribution < -0.4 is 10.1 Å². The molecule has 1 aromatic heterocycles. The van der Waals surface area contributed by atoms with E-state index in [1.807, 2.05) is 12.3 Å². The Bertz CT molecular complexity index is 351. The Kier molecular flexibility index (Phi) is 8.28. The van der Waals surface area contributed by atoms with Gasteiger partial charge in [-0.1, -0.05) is 45.6 Å². The zero-order chi connectivity index (χ0) is 14.8. The third kappa shape index (κ3) is 5.91. The van der Waals surface area contributed by atoms with Crippen LogP contribution in [0.2, 0.25) is 0 Å². The Balaban J connectivity index is 2.51. The second-order valence-electron chi connectivity index (χ2n) is 5.55. The predicted molar refractivity (Wildman–Crippen MR) is 85.3 cm³/mol. The third-order valence-electron chi connectivity index (χ3n) is 4.06. The molecule has 20 heavy (non-hydrogen) atoms. The van der Waals surface area contributed by atoms with E-state index in [4.69, 9.17) is 4.74 Å². The summed E-state index contributed by atoms with van der Waals surface area (Å²) in [5, 5.41) is 3.46. The highest BCUT2D eigenvalue weighted by Gasteiger charge is 2.14. The highest BCUT2D eigenvalue weighted by Crippen LogP contribution is 2.20. The summed E-state index contributed by atoms with van der Waals surface area (Å²) in [5.41, 5.74) is 1.27. The second kappa shape index (κ2) is 9.76. The van der Waals surface area contributed by atoms with Gasteiger partial charge in [-0.05, 0) is 31.4 Å². The number of methoxy groups -OCH3 is 1. The molecule has 0 amide bonds. The summed E-state index contributed by atoms with van der Waals surface area (Å²) in [7, 11) is 3.71. The van der Waals surface area contributed by atoms with E-state index in [2.05, 4.69) is 37.3 Å². The van der Waals surface area contributed by atoms with Crippen LogP contribution in [0, 0.1) is 5.92 Å². The normalized spacial score (nSPS) is 14.0. The second-order valence-corrected chi connectivity index (χ2v) is 5.55. The molecule has 114 valence electrons. The van der Waals surface area contributed by atoms with Crippen molar-refractivity contribution in [2.24, 2.45) is 5.92 Å². The van der Waals surface area contributed by atoms with Gasteiger partial charge >= 0.3 is 0 Å². The van der Waals surface area contributed by atoms with Crippen LogP contribution in [-0.4, -0.2) is 25.2 Å². The van der Waals surface area contributed by atoms with Gasteiger partial charge in [-0.2, -0.15) is 0 Å². The van der Waals surface area contributed by atoms with Gasteiger partial charge in [0, 0.05) is 18.3 Å². The number of rotatable bonds is 10. The van der Waals surface area contributed by atoms with Crippen LogP contribution in [-0.2, 0) is 6.42 Å². The van der Waals surface area contributed by atoms with Crippen molar-refractivity contribution in [3.05, 3.63) is 23.9 Å². The molecule has 0 fully saturated rings. The third-order valence-corrected chi connectivity index (χ3v) is 4.06. The average Bonchev–Trinajstić information content (AvgIpc) is 2.50. The number of hydrogen-bond donors (Lipinski definition) is 1. The van der Waals surface area contributed by atoms with Crippen LogP contribution in [0.4, 0.5) is 0 Å². The van der Waals surface area contributed by atoms with Crippen molar-refractivity contribution in [1.29, 1.82) is 0 Å². The summed E-state index contributed by atoms with van der Waals surface area (Å²) < 4.78 is 5.10. The van der Waals surface area contributed by atoms with Crippen molar-refractivity contribution in [3.63, 3.8) is 0 Å². The van der Waals surface area contributed by atoms with Crippen molar-refractivity contribution >= 4 is 0 Å². The lowest BCUT2D eigenvalue weighted by molar-refractivity contribution is 0.358. The molecule has 1 N–H and O–H groups in total. The molecule has 1 heterocycles. The first-order valence-corrected chi connectivity index (χ1v) is 7.89. The summed E-state index contributed by atoms with van der Waals surface area (Å²) in [6, 6.07) is 4.59. The van der Waals surface area contributed by atoms with Crippen molar-refractivity contribution in [1.82, 2.24) is 10.3 Å². The minimum Gasteiger partial charge on any atom is -0.481 e. The first kappa shape index (κ1) is 17.0. The largest absolute Gasteiger partial charge is 0.481 e. The lowest BCUT2D eigenvalue weighted by Gasteiger charge is -2.22. The molecule has 3 nitrogen and oxygen atoms in total. The molecule has 0 bridgehead atoms. The van der Waals surface area contributed by atoms with Crippen LogP contribution in [0.15, 0.2) is 18.3 Å². The first-order chi connectivity index (χ1) is 9.73. The fourth-order valence-electron chi connectivity index (χ4n) is 2.62. The van der Waals surface area contributed by atoms with Gasteiger partial charge in [0.05, 0.1) is 7.11 Å². The zero-order valence-electron chi connectivity index (χ0n) is 13.5. The molecular formula is C17H30N2O. The first-order valence-electron chi connectivity index (χ1n) is 7.89. The number of nitrogens with one attached hydrogen (secondary N) is 1. The van der Waals surface area contributed by atoms with Crippen molar-refractivity contribution in [3.8, 4) is 5.88 Å². The molecule has 0 saturated heterocycles. The summed E-state index contributed by atoms with van der Waals surface area (Å²) >= 11 is 0. The van der Waals surface area contributed by atoms with E-state index < -0.39 is 0 Å². The van der Waals surface area contributed by atoms with Gasteiger partial charge in [-0.25, -0.2) is 4.98 Å². The van der Waals surface area contributed by atoms with Crippen molar-refractivity contribution in [2.75, 3.05) is 14.2 Å². The average molecular weight is 278 g/mol. The Morgan fingerprint density at radius 1 is 1.30 bits per heavy atom. The van der Waals surface area contributed by atoms with E-state index in [1.165, 1.54) is 37.7 Å². The van der Waals surface area contributed by atoms with E-state index >= 15 is 0 Å². The van der Waals surface area contributed by atoms with Crippen molar-refractivity contribution in [2.45, 2.75) is 58.4 Å². The van der Waals surface area contributed by atoms with Gasteiger partial charge in [0.1, 0.15) is 0 Å². The Morgan fingerprint density at radius 3 is 2.60 bits per heavy atom. The molecular weight excluding hydrogens is 248 g/mol. The van der Waals surface area contributed by atoms with E-state index in [0.717, 1.165) is 12.3 Å². The fourth-order valence-corrected chi connectivity index (χ4v) is 2.62. The Hall–Kier alpha value is -1.09. The van der Waals surface area contributed by atoms with E-state index in [1.54, 1.807) is 7.11 Å². The molecule has 2 atom stereocenters. The van der Waals surface area contributed by atoms with Gasteiger partial charge in [0.25, 0.3) is 0 Å². The van der Waals surface area contributed by atoms with Gasteiger partial charge in [-0.3, -0.25) is 0 Å². The van der Waals surface area contributed by atoms with Crippen LogP contribution in [0.5, 0.6) is 5.88 Å². The lowest BCUT2D eigenvalue weighted by Crippen LogP contribution is -2.30. The Morgan fingerprint density at radius 2 is 2.10 bits per heavy atom. The summed E-state index contributed by atoms with van der Waals surface area (Å²) in [6.45, 7) is 4.58. The SMILES string of the molecule is CCCCC(CC)CC(Cc1ccc(OC)nc1)NC. The van der Waals surface area contributed by atoms with E-state index in [0.29, 0.717) is 11.9 Å². The number of ether oxygens (including phenoxy) is 1.